The Balaban J connectivity index is 1.71. The molecule has 1 aromatic heterocycles. The van der Waals surface area contributed by atoms with Gasteiger partial charge in [-0.3, -0.25) is 10.1 Å². The first kappa shape index (κ1) is 18.8. The molecule has 138 valence electrons. The minimum atomic E-state index is -0.520. The molecule has 0 saturated carbocycles. The summed E-state index contributed by atoms with van der Waals surface area (Å²) in [4.78, 5) is 10.5. The molecule has 0 aliphatic heterocycles. The summed E-state index contributed by atoms with van der Waals surface area (Å²) in [6.45, 7) is 1.82. The van der Waals surface area contributed by atoms with E-state index in [1.54, 1.807) is 30.3 Å². The normalized spacial score (nSPS) is 11.1. The van der Waals surface area contributed by atoms with Crippen molar-refractivity contribution in [2.75, 3.05) is 0 Å². The third-order valence-electron chi connectivity index (χ3n) is 3.73. The number of ether oxygens (including phenoxy) is 1. The zero-order valence-corrected chi connectivity index (χ0v) is 15.8. The van der Waals surface area contributed by atoms with Crippen molar-refractivity contribution in [3.63, 3.8) is 0 Å². The van der Waals surface area contributed by atoms with E-state index in [1.807, 2.05) is 6.07 Å². The van der Waals surface area contributed by atoms with E-state index < -0.39 is 4.92 Å². The molecule has 3 aromatic rings. The lowest BCUT2D eigenvalue weighted by Gasteiger charge is -2.09. The van der Waals surface area contributed by atoms with Gasteiger partial charge in [0.2, 0.25) is 5.76 Å². The molecule has 0 fully saturated rings. The van der Waals surface area contributed by atoms with Gasteiger partial charge in [-0.25, -0.2) is 4.39 Å². The maximum Gasteiger partial charge on any atom is 0.338 e. The quantitative estimate of drug-likeness (QED) is 0.377. The average Bonchev–Trinajstić information content (AvgIpc) is 3.01. The fraction of sp³-hybridized carbons (Fsp3) is 0.105. The van der Waals surface area contributed by atoms with E-state index in [0.717, 1.165) is 15.6 Å². The molecule has 0 bridgehead atoms. The maximum absolute atomic E-state index is 12.9. The summed E-state index contributed by atoms with van der Waals surface area (Å²) in [5.41, 5.74) is 1.72. The summed E-state index contributed by atoms with van der Waals surface area (Å²) in [5.74, 6) is 0.418. The first-order chi connectivity index (χ1) is 12.9. The first-order valence-corrected chi connectivity index (χ1v) is 8.69. The standard InChI is InChI=1S/C19H14BrFN2O4/c1-12-19(23(24)25)18(27-22-12)9-5-13-4-8-17(16(20)10-13)26-11-14-2-6-15(21)7-3-14/h2-10H,11H2,1H3/b9-5+. The highest BCUT2D eigenvalue weighted by atomic mass is 79.9. The van der Waals surface area contributed by atoms with Gasteiger partial charge in [0.15, 0.2) is 5.69 Å². The van der Waals surface area contributed by atoms with Crippen molar-refractivity contribution < 1.29 is 18.6 Å². The third kappa shape index (κ3) is 4.59. The molecule has 6 nitrogen and oxygen atoms in total. The van der Waals surface area contributed by atoms with Gasteiger partial charge in [0.25, 0.3) is 0 Å². The van der Waals surface area contributed by atoms with Crippen molar-refractivity contribution in [2.24, 2.45) is 0 Å². The van der Waals surface area contributed by atoms with Gasteiger partial charge in [0.1, 0.15) is 18.2 Å². The molecular weight excluding hydrogens is 419 g/mol. The average molecular weight is 433 g/mol. The molecule has 27 heavy (non-hydrogen) atoms. The zero-order valence-electron chi connectivity index (χ0n) is 14.2. The number of nitrogens with zero attached hydrogens (tertiary/aromatic N) is 2. The van der Waals surface area contributed by atoms with Crippen LogP contribution in [0.25, 0.3) is 12.2 Å². The Hall–Kier alpha value is -3.00. The van der Waals surface area contributed by atoms with Gasteiger partial charge >= 0.3 is 5.69 Å². The molecular formula is C19H14BrFN2O4. The number of rotatable bonds is 6. The van der Waals surface area contributed by atoms with Crippen LogP contribution in [-0.4, -0.2) is 10.1 Å². The molecule has 2 aromatic carbocycles. The van der Waals surface area contributed by atoms with Gasteiger partial charge < -0.3 is 9.26 Å². The van der Waals surface area contributed by atoms with Crippen LogP contribution in [0.1, 0.15) is 22.6 Å². The number of aryl methyl sites for hydroxylation is 1. The second kappa shape index (κ2) is 8.13. The Kier molecular flexibility index (Phi) is 5.66. The SMILES string of the molecule is Cc1noc(/C=C/c2ccc(OCc3ccc(F)cc3)c(Br)c2)c1[N+](=O)[O-]. The zero-order chi connectivity index (χ0) is 19.4. The predicted molar refractivity (Wildman–Crippen MR) is 102 cm³/mol. The van der Waals surface area contributed by atoms with Crippen molar-refractivity contribution >= 4 is 33.8 Å². The molecule has 0 N–H and O–H groups in total. The minimum Gasteiger partial charge on any atom is -0.488 e. The Labute approximate surface area is 162 Å². The molecule has 8 heteroatoms. The van der Waals surface area contributed by atoms with Crippen LogP contribution in [0, 0.1) is 22.9 Å². The van der Waals surface area contributed by atoms with Crippen molar-refractivity contribution in [1.29, 1.82) is 0 Å². The van der Waals surface area contributed by atoms with Gasteiger partial charge in [-0.1, -0.05) is 29.4 Å². The van der Waals surface area contributed by atoms with Crippen molar-refractivity contribution in [3.05, 3.63) is 85.4 Å². The smallest absolute Gasteiger partial charge is 0.338 e. The lowest BCUT2D eigenvalue weighted by Crippen LogP contribution is -1.96. The van der Waals surface area contributed by atoms with Crippen LogP contribution in [0.3, 0.4) is 0 Å². The Morgan fingerprint density at radius 3 is 2.67 bits per heavy atom. The van der Waals surface area contributed by atoms with Crippen LogP contribution >= 0.6 is 15.9 Å². The molecule has 0 unspecified atom stereocenters. The summed E-state index contributed by atoms with van der Waals surface area (Å²) < 4.78 is 24.3. The van der Waals surface area contributed by atoms with Gasteiger partial charge in [-0.2, -0.15) is 0 Å². The number of hydrogen-bond acceptors (Lipinski definition) is 5. The molecule has 0 aliphatic rings. The van der Waals surface area contributed by atoms with Crippen LogP contribution in [0.2, 0.25) is 0 Å². The summed E-state index contributed by atoms with van der Waals surface area (Å²) >= 11 is 3.44. The summed E-state index contributed by atoms with van der Waals surface area (Å²) in [5, 5.41) is 14.7. The fourth-order valence-electron chi connectivity index (χ4n) is 2.37. The first-order valence-electron chi connectivity index (χ1n) is 7.89. The van der Waals surface area contributed by atoms with Gasteiger partial charge in [0.05, 0.1) is 9.40 Å². The molecule has 0 radical (unpaired) electrons. The summed E-state index contributed by atoms with van der Waals surface area (Å²) in [6, 6.07) is 11.5. The van der Waals surface area contributed by atoms with E-state index in [4.69, 9.17) is 9.26 Å². The lowest BCUT2D eigenvalue weighted by molar-refractivity contribution is -0.386. The van der Waals surface area contributed by atoms with E-state index >= 15 is 0 Å². The van der Waals surface area contributed by atoms with Gasteiger partial charge in [0, 0.05) is 0 Å². The Bertz CT molecular complexity index is 999. The number of halogens is 2. The highest BCUT2D eigenvalue weighted by molar-refractivity contribution is 9.10. The maximum atomic E-state index is 12.9. The number of nitro groups is 1. The van der Waals surface area contributed by atoms with Crippen LogP contribution in [0.5, 0.6) is 5.75 Å². The van der Waals surface area contributed by atoms with E-state index in [0.29, 0.717) is 12.4 Å². The molecule has 0 amide bonds. The largest absolute Gasteiger partial charge is 0.488 e. The highest BCUT2D eigenvalue weighted by Crippen LogP contribution is 2.29. The van der Waals surface area contributed by atoms with Crippen LogP contribution in [-0.2, 0) is 6.61 Å². The minimum absolute atomic E-state index is 0.0882. The van der Waals surface area contributed by atoms with Crippen LogP contribution < -0.4 is 4.74 Å². The number of aromatic nitrogens is 1. The van der Waals surface area contributed by atoms with E-state index in [9.17, 15) is 14.5 Å². The second-order valence-electron chi connectivity index (χ2n) is 5.68. The van der Waals surface area contributed by atoms with E-state index in [2.05, 4.69) is 21.1 Å². The van der Waals surface area contributed by atoms with Crippen molar-refractivity contribution in [3.8, 4) is 5.75 Å². The second-order valence-corrected chi connectivity index (χ2v) is 6.53. The van der Waals surface area contributed by atoms with Crippen LogP contribution in [0.4, 0.5) is 10.1 Å². The fourth-order valence-corrected chi connectivity index (χ4v) is 2.88. The molecule has 0 saturated heterocycles. The van der Waals surface area contributed by atoms with E-state index in [-0.39, 0.29) is 23.0 Å². The third-order valence-corrected chi connectivity index (χ3v) is 4.35. The summed E-state index contributed by atoms with van der Waals surface area (Å²) in [6.07, 6.45) is 3.18. The number of hydrogen-bond donors (Lipinski definition) is 0. The highest BCUT2D eigenvalue weighted by Gasteiger charge is 2.21. The van der Waals surface area contributed by atoms with Gasteiger partial charge in [-0.15, -0.1) is 0 Å². The predicted octanol–water partition coefficient (Wildman–Crippen LogP) is 5.54. The van der Waals surface area contributed by atoms with Gasteiger partial charge in [-0.05, 0) is 64.3 Å². The van der Waals surface area contributed by atoms with Crippen molar-refractivity contribution in [2.45, 2.75) is 13.5 Å². The lowest BCUT2D eigenvalue weighted by atomic mass is 10.2. The Morgan fingerprint density at radius 1 is 1.26 bits per heavy atom. The van der Waals surface area contributed by atoms with E-state index in [1.165, 1.54) is 25.1 Å². The van der Waals surface area contributed by atoms with Crippen LogP contribution in [0.15, 0.2) is 51.5 Å². The molecule has 3 rings (SSSR count). The van der Waals surface area contributed by atoms with Crippen molar-refractivity contribution in [1.82, 2.24) is 5.16 Å². The topological polar surface area (TPSA) is 78.4 Å². The monoisotopic (exact) mass is 432 g/mol. The molecule has 0 aliphatic carbocycles. The summed E-state index contributed by atoms with van der Waals surface area (Å²) in [7, 11) is 0. The molecule has 1 heterocycles. The molecule has 0 spiro atoms. The Morgan fingerprint density at radius 2 is 2.00 bits per heavy atom. The molecule has 0 atom stereocenters. The number of benzene rings is 2.